The highest BCUT2D eigenvalue weighted by Gasteiger charge is 2.31. The predicted octanol–water partition coefficient (Wildman–Crippen LogP) is 1.16. The lowest BCUT2D eigenvalue weighted by Gasteiger charge is -2.16. The van der Waals surface area contributed by atoms with Crippen LogP contribution in [0.4, 0.5) is 4.39 Å². The van der Waals surface area contributed by atoms with Crippen LogP contribution in [0.1, 0.15) is 12.5 Å². The molecule has 0 bridgehead atoms. The first-order valence-corrected chi connectivity index (χ1v) is 6.45. The van der Waals surface area contributed by atoms with Crippen LogP contribution in [0.5, 0.6) is 0 Å². The van der Waals surface area contributed by atoms with Crippen molar-refractivity contribution in [2.24, 2.45) is 0 Å². The molecular weight excluding hydrogens is 271 g/mol. The lowest BCUT2D eigenvalue weighted by molar-refractivity contribution is -0.120. The molecule has 2 rings (SSSR count). The highest BCUT2D eigenvalue weighted by Crippen LogP contribution is 2.19. The number of aliphatic hydroxyl groups is 1. The second kappa shape index (κ2) is 5.86. The minimum absolute atomic E-state index is 0.177. The first-order valence-electron chi connectivity index (χ1n) is 6.07. The van der Waals surface area contributed by atoms with Crippen molar-refractivity contribution in [1.82, 2.24) is 10.2 Å². The van der Waals surface area contributed by atoms with Gasteiger partial charge >= 0.3 is 0 Å². The molecule has 1 saturated heterocycles. The number of amides is 1. The molecule has 4 nitrogen and oxygen atoms in total. The molecule has 104 valence electrons. The first kappa shape index (κ1) is 14.2. The van der Waals surface area contributed by atoms with E-state index in [0.717, 1.165) is 0 Å². The second-order valence-corrected chi connectivity index (χ2v) is 5.24. The molecule has 19 heavy (non-hydrogen) atoms. The fourth-order valence-electron chi connectivity index (χ4n) is 2.29. The van der Waals surface area contributed by atoms with Crippen molar-refractivity contribution < 1.29 is 14.3 Å². The maximum atomic E-state index is 13.7. The molecule has 1 heterocycles. The minimum Gasteiger partial charge on any atom is -0.390 e. The Morgan fingerprint density at radius 1 is 1.58 bits per heavy atom. The van der Waals surface area contributed by atoms with Gasteiger partial charge in [-0.15, -0.1) is 0 Å². The van der Waals surface area contributed by atoms with E-state index in [1.165, 1.54) is 13.0 Å². The monoisotopic (exact) mass is 286 g/mol. The number of β-amino-alcohol motifs (C(OH)–C–C–N with tert-alkyl or cyclic N) is 1. The van der Waals surface area contributed by atoms with E-state index in [9.17, 15) is 14.3 Å². The van der Waals surface area contributed by atoms with Gasteiger partial charge in [0.25, 0.3) is 0 Å². The van der Waals surface area contributed by atoms with Crippen LogP contribution in [0, 0.1) is 5.82 Å². The molecular formula is C13H16ClFN2O2. The van der Waals surface area contributed by atoms with Gasteiger partial charge < -0.3 is 10.4 Å². The molecule has 2 N–H and O–H groups in total. The zero-order valence-corrected chi connectivity index (χ0v) is 11.3. The summed E-state index contributed by atoms with van der Waals surface area (Å²) in [5, 5.41) is 12.9. The van der Waals surface area contributed by atoms with Gasteiger partial charge in [-0.05, 0) is 12.1 Å². The summed E-state index contributed by atoms with van der Waals surface area (Å²) in [4.78, 5) is 12.9. The highest BCUT2D eigenvalue weighted by atomic mass is 35.5. The Hall–Kier alpha value is -1.17. The zero-order chi connectivity index (χ0) is 14.0. The average molecular weight is 287 g/mol. The Morgan fingerprint density at radius 3 is 2.95 bits per heavy atom. The van der Waals surface area contributed by atoms with Crippen molar-refractivity contribution in [2.45, 2.75) is 25.6 Å². The number of benzene rings is 1. The summed E-state index contributed by atoms with van der Waals surface area (Å²) in [5.74, 6) is -0.534. The fraction of sp³-hybridized carbons (Fsp3) is 0.462. The van der Waals surface area contributed by atoms with E-state index in [4.69, 9.17) is 11.6 Å². The third kappa shape index (κ3) is 3.65. The average Bonchev–Trinajstić information content (AvgIpc) is 2.62. The van der Waals surface area contributed by atoms with Crippen molar-refractivity contribution in [3.63, 3.8) is 0 Å². The number of hydrogen-bond acceptors (Lipinski definition) is 3. The Kier molecular flexibility index (Phi) is 4.39. The molecule has 0 unspecified atom stereocenters. The maximum absolute atomic E-state index is 13.7. The molecule has 0 aliphatic carbocycles. The van der Waals surface area contributed by atoms with E-state index < -0.39 is 6.10 Å². The van der Waals surface area contributed by atoms with Crippen molar-refractivity contribution in [3.8, 4) is 0 Å². The topological polar surface area (TPSA) is 52.6 Å². The molecule has 0 aromatic heterocycles. The Balaban J connectivity index is 1.99. The van der Waals surface area contributed by atoms with Crippen LogP contribution in [0.25, 0.3) is 0 Å². The van der Waals surface area contributed by atoms with E-state index in [1.807, 2.05) is 4.90 Å². The van der Waals surface area contributed by atoms with Crippen LogP contribution in [0.15, 0.2) is 18.2 Å². The molecule has 1 aromatic rings. The van der Waals surface area contributed by atoms with Gasteiger partial charge in [0.1, 0.15) is 5.82 Å². The number of rotatable bonds is 3. The summed E-state index contributed by atoms with van der Waals surface area (Å²) in [5.41, 5.74) is 0.528. The van der Waals surface area contributed by atoms with E-state index in [1.54, 1.807) is 12.1 Å². The first-order chi connectivity index (χ1) is 8.95. The van der Waals surface area contributed by atoms with Crippen molar-refractivity contribution in [1.29, 1.82) is 0 Å². The summed E-state index contributed by atoms with van der Waals surface area (Å²) in [6, 6.07) is 4.25. The number of nitrogens with one attached hydrogen (secondary N) is 1. The molecule has 2 atom stereocenters. The van der Waals surface area contributed by atoms with Gasteiger partial charge in [0.15, 0.2) is 0 Å². The largest absolute Gasteiger partial charge is 0.390 e. The van der Waals surface area contributed by atoms with Crippen molar-refractivity contribution in [3.05, 3.63) is 34.6 Å². The van der Waals surface area contributed by atoms with Gasteiger partial charge in [0, 0.05) is 37.1 Å². The molecule has 1 fully saturated rings. The van der Waals surface area contributed by atoms with E-state index in [-0.39, 0.29) is 17.8 Å². The maximum Gasteiger partial charge on any atom is 0.217 e. The van der Waals surface area contributed by atoms with Crippen molar-refractivity contribution >= 4 is 17.5 Å². The Bertz CT molecular complexity index is 484. The summed E-state index contributed by atoms with van der Waals surface area (Å²) in [6.07, 6.45) is -0.626. The van der Waals surface area contributed by atoms with Gasteiger partial charge in [0.05, 0.1) is 12.1 Å². The Morgan fingerprint density at radius 2 is 2.32 bits per heavy atom. The van der Waals surface area contributed by atoms with Gasteiger partial charge in [-0.1, -0.05) is 17.7 Å². The quantitative estimate of drug-likeness (QED) is 0.877. The zero-order valence-electron chi connectivity index (χ0n) is 10.6. The molecule has 6 heteroatoms. The van der Waals surface area contributed by atoms with Crippen LogP contribution < -0.4 is 5.32 Å². The van der Waals surface area contributed by atoms with E-state index in [2.05, 4.69) is 5.32 Å². The molecule has 1 aliphatic heterocycles. The molecule has 1 aromatic carbocycles. The van der Waals surface area contributed by atoms with Crippen LogP contribution in [-0.2, 0) is 11.3 Å². The lowest BCUT2D eigenvalue weighted by atomic mass is 10.2. The number of hydrogen-bond donors (Lipinski definition) is 2. The summed E-state index contributed by atoms with van der Waals surface area (Å²) < 4.78 is 13.7. The number of halogens is 2. The van der Waals surface area contributed by atoms with Gasteiger partial charge in [-0.2, -0.15) is 0 Å². The third-order valence-electron chi connectivity index (χ3n) is 3.16. The number of carbonyl (C=O) groups is 1. The Labute approximate surface area is 116 Å². The van der Waals surface area contributed by atoms with E-state index in [0.29, 0.717) is 30.2 Å². The second-order valence-electron chi connectivity index (χ2n) is 4.80. The normalized spacial score (nSPS) is 23.6. The van der Waals surface area contributed by atoms with Gasteiger partial charge in [0.2, 0.25) is 5.91 Å². The molecule has 0 radical (unpaired) electrons. The summed E-state index contributed by atoms with van der Waals surface area (Å²) in [7, 11) is 0. The lowest BCUT2D eigenvalue weighted by Crippen LogP contribution is -2.41. The number of nitrogens with zero attached hydrogens (tertiary/aromatic N) is 1. The number of aliphatic hydroxyl groups excluding tert-OH is 1. The number of carbonyl (C=O) groups excluding carboxylic acids is 1. The SMILES string of the molecule is CC(=O)N[C@@H]1CN(Cc2ccc(Cl)cc2F)C[C@H]1O. The standard InChI is InChI=1S/C13H16ClFN2O2/c1-8(18)16-12-6-17(7-13(12)19)5-9-2-3-10(14)4-11(9)15/h2-4,12-13,19H,5-7H2,1H3,(H,16,18)/t12-,13-/m1/s1. The summed E-state index contributed by atoms with van der Waals surface area (Å²) in [6.45, 7) is 2.71. The van der Waals surface area contributed by atoms with Gasteiger partial charge in [-0.3, -0.25) is 9.69 Å². The van der Waals surface area contributed by atoms with Crippen LogP contribution in [0.3, 0.4) is 0 Å². The van der Waals surface area contributed by atoms with Crippen molar-refractivity contribution in [2.75, 3.05) is 13.1 Å². The molecule has 1 aliphatic rings. The minimum atomic E-state index is -0.626. The molecule has 0 spiro atoms. The van der Waals surface area contributed by atoms with Crippen LogP contribution >= 0.6 is 11.6 Å². The van der Waals surface area contributed by atoms with E-state index >= 15 is 0 Å². The van der Waals surface area contributed by atoms with Gasteiger partial charge in [-0.25, -0.2) is 4.39 Å². The molecule has 0 saturated carbocycles. The van der Waals surface area contributed by atoms with Crippen LogP contribution in [0.2, 0.25) is 5.02 Å². The smallest absolute Gasteiger partial charge is 0.217 e. The predicted molar refractivity (Wildman–Crippen MR) is 70.3 cm³/mol. The highest BCUT2D eigenvalue weighted by molar-refractivity contribution is 6.30. The fourth-order valence-corrected chi connectivity index (χ4v) is 2.45. The van der Waals surface area contributed by atoms with Crippen LogP contribution in [-0.4, -0.2) is 41.1 Å². The number of likely N-dealkylation sites (tertiary alicyclic amines) is 1. The summed E-state index contributed by atoms with van der Waals surface area (Å²) >= 11 is 5.70. The third-order valence-corrected chi connectivity index (χ3v) is 3.40. The molecule has 1 amide bonds.